The number of nitrogens with zero attached hydrogens (tertiary/aromatic N) is 5. The van der Waals surface area contributed by atoms with Crippen molar-refractivity contribution < 1.29 is 0 Å². The lowest BCUT2D eigenvalue weighted by Crippen LogP contribution is -2.40. The Balaban J connectivity index is 1.60. The van der Waals surface area contributed by atoms with Gasteiger partial charge in [0.1, 0.15) is 23.8 Å². The van der Waals surface area contributed by atoms with Crippen LogP contribution in [0, 0.1) is 6.92 Å². The van der Waals surface area contributed by atoms with Gasteiger partial charge in [-0.25, -0.2) is 15.0 Å². The van der Waals surface area contributed by atoms with E-state index < -0.39 is 0 Å². The van der Waals surface area contributed by atoms with Crippen LogP contribution in [0.2, 0.25) is 0 Å². The smallest absolute Gasteiger partial charge is 0.133 e. The average molecular weight is 391 g/mol. The topological polar surface area (TPSA) is 57.2 Å². The van der Waals surface area contributed by atoms with E-state index in [4.69, 9.17) is 0 Å². The first-order valence-electron chi connectivity index (χ1n) is 8.16. The molecule has 1 fully saturated rings. The standard InChI is InChI=1S/C17H23BrN6/c1-12-8-13(18)10-19-17(12)24-6-4-14(5-7-24)22-15-9-16(23(2)3)21-11-20-15/h8-11,14H,4-7H2,1-3H3,(H,20,21,22). The predicted octanol–water partition coefficient (Wildman–Crippen LogP) is 3.09. The second kappa shape index (κ2) is 7.34. The number of hydrogen-bond acceptors (Lipinski definition) is 6. The molecule has 2 aromatic rings. The summed E-state index contributed by atoms with van der Waals surface area (Å²) in [6.45, 7) is 4.11. The third kappa shape index (κ3) is 3.95. The van der Waals surface area contributed by atoms with Crippen molar-refractivity contribution in [3.8, 4) is 0 Å². The highest BCUT2D eigenvalue weighted by Gasteiger charge is 2.21. The van der Waals surface area contributed by atoms with Crippen LogP contribution in [0.1, 0.15) is 18.4 Å². The van der Waals surface area contributed by atoms with Crippen LogP contribution in [0.5, 0.6) is 0 Å². The summed E-state index contributed by atoms with van der Waals surface area (Å²) < 4.78 is 1.03. The summed E-state index contributed by atoms with van der Waals surface area (Å²) in [4.78, 5) is 17.5. The van der Waals surface area contributed by atoms with Gasteiger partial charge < -0.3 is 15.1 Å². The highest BCUT2D eigenvalue weighted by Crippen LogP contribution is 2.25. The highest BCUT2D eigenvalue weighted by molar-refractivity contribution is 9.10. The summed E-state index contributed by atoms with van der Waals surface area (Å²) in [7, 11) is 3.97. The molecule has 1 aliphatic heterocycles. The fourth-order valence-electron chi connectivity index (χ4n) is 2.98. The van der Waals surface area contributed by atoms with Crippen molar-refractivity contribution in [3.05, 3.63) is 34.7 Å². The maximum atomic E-state index is 4.57. The molecule has 0 atom stereocenters. The molecule has 0 radical (unpaired) electrons. The van der Waals surface area contributed by atoms with Crippen LogP contribution >= 0.6 is 15.9 Å². The van der Waals surface area contributed by atoms with Crippen molar-refractivity contribution >= 4 is 33.4 Å². The molecule has 0 bridgehead atoms. The Hall–Kier alpha value is -1.89. The number of aryl methyl sites for hydroxylation is 1. The second-order valence-electron chi connectivity index (χ2n) is 6.36. The summed E-state index contributed by atoms with van der Waals surface area (Å²) in [6, 6.07) is 4.55. The third-order valence-corrected chi connectivity index (χ3v) is 4.71. The van der Waals surface area contributed by atoms with E-state index in [0.717, 1.165) is 47.9 Å². The van der Waals surface area contributed by atoms with Gasteiger partial charge in [0.25, 0.3) is 0 Å². The fraction of sp³-hybridized carbons (Fsp3) is 0.471. The van der Waals surface area contributed by atoms with E-state index >= 15 is 0 Å². The largest absolute Gasteiger partial charge is 0.367 e. The second-order valence-corrected chi connectivity index (χ2v) is 7.27. The first-order valence-corrected chi connectivity index (χ1v) is 8.95. The predicted molar refractivity (Wildman–Crippen MR) is 102 cm³/mol. The molecule has 24 heavy (non-hydrogen) atoms. The zero-order valence-corrected chi connectivity index (χ0v) is 15.9. The Bertz CT molecular complexity index is 697. The molecule has 0 aliphatic carbocycles. The van der Waals surface area contributed by atoms with Crippen molar-refractivity contribution in [1.82, 2.24) is 15.0 Å². The first kappa shape index (κ1) is 17.0. The molecule has 128 valence electrons. The number of hydrogen-bond donors (Lipinski definition) is 1. The molecule has 0 saturated carbocycles. The summed E-state index contributed by atoms with van der Waals surface area (Å²) in [6.07, 6.45) is 5.62. The van der Waals surface area contributed by atoms with Gasteiger partial charge in [-0.05, 0) is 47.3 Å². The van der Waals surface area contributed by atoms with Gasteiger partial charge in [0.05, 0.1) is 0 Å². The zero-order valence-electron chi connectivity index (χ0n) is 14.3. The maximum Gasteiger partial charge on any atom is 0.133 e. The van der Waals surface area contributed by atoms with Crippen LogP contribution in [-0.2, 0) is 0 Å². The SMILES string of the molecule is Cc1cc(Br)cnc1N1CCC(Nc2cc(N(C)C)ncn2)CC1. The van der Waals surface area contributed by atoms with Crippen LogP contribution in [0.3, 0.4) is 0 Å². The highest BCUT2D eigenvalue weighted by atomic mass is 79.9. The quantitative estimate of drug-likeness (QED) is 0.865. The molecule has 7 heteroatoms. The van der Waals surface area contributed by atoms with Gasteiger partial charge in [-0.3, -0.25) is 0 Å². The molecule has 0 amide bonds. The lowest BCUT2D eigenvalue weighted by atomic mass is 10.0. The van der Waals surface area contributed by atoms with Crippen LogP contribution in [0.15, 0.2) is 29.1 Å². The molecule has 1 N–H and O–H groups in total. The van der Waals surface area contributed by atoms with Gasteiger partial charge in [0, 0.05) is 50.0 Å². The number of anilines is 3. The van der Waals surface area contributed by atoms with Gasteiger partial charge in [-0.2, -0.15) is 0 Å². The minimum Gasteiger partial charge on any atom is -0.367 e. The maximum absolute atomic E-state index is 4.57. The van der Waals surface area contributed by atoms with Gasteiger partial charge >= 0.3 is 0 Å². The number of nitrogens with one attached hydrogen (secondary N) is 1. The van der Waals surface area contributed by atoms with Gasteiger partial charge in [-0.15, -0.1) is 0 Å². The van der Waals surface area contributed by atoms with Crippen LogP contribution in [-0.4, -0.2) is 48.2 Å². The summed E-state index contributed by atoms with van der Waals surface area (Å²) in [5.41, 5.74) is 1.21. The van der Waals surface area contributed by atoms with Crippen molar-refractivity contribution in [3.63, 3.8) is 0 Å². The molecule has 3 heterocycles. The lowest BCUT2D eigenvalue weighted by molar-refractivity contribution is 0.521. The average Bonchev–Trinajstić information content (AvgIpc) is 2.56. The zero-order chi connectivity index (χ0) is 17.1. The van der Waals surface area contributed by atoms with E-state index in [1.807, 2.05) is 31.3 Å². The van der Waals surface area contributed by atoms with E-state index in [1.54, 1.807) is 6.33 Å². The van der Waals surface area contributed by atoms with E-state index in [0.29, 0.717) is 6.04 Å². The molecule has 0 spiro atoms. The number of rotatable bonds is 4. The van der Waals surface area contributed by atoms with Crippen LogP contribution in [0.25, 0.3) is 0 Å². The van der Waals surface area contributed by atoms with E-state index in [1.165, 1.54) is 5.56 Å². The number of pyridine rings is 1. The normalized spacial score (nSPS) is 15.4. The van der Waals surface area contributed by atoms with Crippen LogP contribution in [0.4, 0.5) is 17.5 Å². The van der Waals surface area contributed by atoms with E-state index in [9.17, 15) is 0 Å². The Kier molecular flexibility index (Phi) is 5.18. The number of halogens is 1. The summed E-state index contributed by atoms with van der Waals surface area (Å²) in [5, 5.41) is 3.54. The van der Waals surface area contributed by atoms with Crippen molar-refractivity contribution in [2.75, 3.05) is 42.3 Å². The van der Waals surface area contributed by atoms with Crippen LogP contribution < -0.4 is 15.1 Å². The molecule has 0 unspecified atom stereocenters. The molecule has 1 aliphatic rings. The van der Waals surface area contributed by atoms with Crippen molar-refractivity contribution in [1.29, 1.82) is 0 Å². The molecule has 2 aromatic heterocycles. The third-order valence-electron chi connectivity index (χ3n) is 4.27. The fourth-order valence-corrected chi connectivity index (χ4v) is 3.43. The van der Waals surface area contributed by atoms with Crippen molar-refractivity contribution in [2.45, 2.75) is 25.8 Å². The lowest BCUT2D eigenvalue weighted by Gasteiger charge is -2.34. The van der Waals surface area contributed by atoms with Gasteiger partial charge in [0.2, 0.25) is 0 Å². The monoisotopic (exact) mass is 390 g/mol. The van der Waals surface area contributed by atoms with Gasteiger partial charge in [-0.1, -0.05) is 0 Å². The van der Waals surface area contributed by atoms with E-state index in [2.05, 4.69) is 54.1 Å². The number of piperidine rings is 1. The van der Waals surface area contributed by atoms with Crippen molar-refractivity contribution in [2.24, 2.45) is 0 Å². The Morgan fingerprint density at radius 2 is 1.92 bits per heavy atom. The Morgan fingerprint density at radius 1 is 1.17 bits per heavy atom. The Labute approximate surface area is 151 Å². The molecule has 6 nitrogen and oxygen atoms in total. The Morgan fingerprint density at radius 3 is 2.58 bits per heavy atom. The molecular formula is C17H23BrN6. The van der Waals surface area contributed by atoms with E-state index in [-0.39, 0.29) is 0 Å². The molecule has 0 aromatic carbocycles. The first-order chi connectivity index (χ1) is 11.5. The molecule has 3 rings (SSSR count). The minimum atomic E-state index is 0.432. The summed E-state index contributed by atoms with van der Waals surface area (Å²) in [5.74, 6) is 2.90. The molecule has 1 saturated heterocycles. The number of aromatic nitrogens is 3. The summed E-state index contributed by atoms with van der Waals surface area (Å²) >= 11 is 3.48. The minimum absolute atomic E-state index is 0.432. The molecular weight excluding hydrogens is 368 g/mol. The van der Waals surface area contributed by atoms with Gasteiger partial charge in [0.15, 0.2) is 0 Å².